The molecule has 0 radical (unpaired) electrons. The highest BCUT2D eigenvalue weighted by Gasteiger charge is 2.26. The fourth-order valence-electron chi connectivity index (χ4n) is 3.60. The molecule has 4 rings (SSSR count). The highest BCUT2D eigenvalue weighted by Crippen LogP contribution is 2.34. The normalized spacial score (nSPS) is 21.0. The van der Waals surface area contributed by atoms with Crippen molar-refractivity contribution in [1.29, 1.82) is 0 Å². The van der Waals surface area contributed by atoms with Gasteiger partial charge in [0, 0.05) is 13.2 Å². The van der Waals surface area contributed by atoms with E-state index in [2.05, 4.69) is 53.8 Å². The Kier molecular flexibility index (Phi) is 3.50. The van der Waals surface area contributed by atoms with E-state index in [0.717, 1.165) is 19.6 Å². The van der Waals surface area contributed by atoms with E-state index in [4.69, 9.17) is 4.74 Å². The average Bonchev–Trinajstić information content (AvgIpc) is 3.05. The van der Waals surface area contributed by atoms with Crippen LogP contribution in [0.4, 0.5) is 0 Å². The molecule has 1 saturated heterocycles. The first-order valence-corrected chi connectivity index (χ1v) is 7.92. The van der Waals surface area contributed by atoms with Crippen LogP contribution in [0.3, 0.4) is 0 Å². The number of hydrogen-bond donors (Lipinski definition) is 1. The smallest absolute Gasteiger partial charge is 0.0700 e. The summed E-state index contributed by atoms with van der Waals surface area (Å²) in [5.74, 6) is 0. The van der Waals surface area contributed by atoms with Gasteiger partial charge in [0.1, 0.15) is 0 Å². The number of fused-ring (bicyclic) bond motifs is 2. The van der Waals surface area contributed by atoms with Crippen molar-refractivity contribution in [3.05, 3.63) is 70.8 Å². The molecule has 2 aromatic rings. The predicted molar refractivity (Wildman–Crippen MR) is 84.5 cm³/mol. The minimum absolute atomic E-state index is 0.301. The van der Waals surface area contributed by atoms with E-state index in [0.29, 0.717) is 12.1 Å². The number of benzene rings is 2. The van der Waals surface area contributed by atoms with Gasteiger partial charge in [0.25, 0.3) is 0 Å². The first-order valence-electron chi connectivity index (χ1n) is 7.92. The van der Waals surface area contributed by atoms with Crippen molar-refractivity contribution in [2.75, 3.05) is 13.2 Å². The van der Waals surface area contributed by atoms with Crippen LogP contribution in [0, 0.1) is 0 Å². The van der Waals surface area contributed by atoms with Crippen LogP contribution in [-0.4, -0.2) is 19.3 Å². The SMILES string of the molecule is c1ccc2c(c1)Cc1ccccc1C2NCC1CCCO1. The maximum absolute atomic E-state index is 5.76. The minimum Gasteiger partial charge on any atom is -0.377 e. The van der Waals surface area contributed by atoms with Gasteiger partial charge in [-0.1, -0.05) is 48.5 Å². The molecule has 1 aliphatic heterocycles. The van der Waals surface area contributed by atoms with Crippen molar-refractivity contribution >= 4 is 0 Å². The first kappa shape index (κ1) is 13.1. The zero-order chi connectivity index (χ0) is 14.1. The molecule has 0 amide bonds. The third-order valence-electron chi connectivity index (χ3n) is 4.69. The quantitative estimate of drug-likeness (QED) is 0.929. The second-order valence-corrected chi connectivity index (χ2v) is 6.05. The summed E-state index contributed by atoms with van der Waals surface area (Å²) in [5.41, 5.74) is 5.74. The lowest BCUT2D eigenvalue weighted by atomic mass is 9.82. The van der Waals surface area contributed by atoms with Crippen LogP contribution in [0.2, 0.25) is 0 Å². The summed E-state index contributed by atoms with van der Waals surface area (Å²) in [4.78, 5) is 0. The lowest BCUT2D eigenvalue weighted by Crippen LogP contribution is -2.33. The molecule has 2 aliphatic rings. The van der Waals surface area contributed by atoms with Crippen molar-refractivity contribution in [2.24, 2.45) is 0 Å². The lowest BCUT2D eigenvalue weighted by molar-refractivity contribution is 0.108. The van der Waals surface area contributed by atoms with E-state index in [9.17, 15) is 0 Å². The van der Waals surface area contributed by atoms with Crippen molar-refractivity contribution < 1.29 is 4.74 Å². The van der Waals surface area contributed by atoms with Crippen LogP contribution in [0.15, 0.2) is 48.5 Å². The Balaban J connectivity index is 1.64. The zero-order valence-electron chi connectivity index (χ0n) is 12.2. The van der Waals surface area contributed by atoms with E-state index in [1.165, 1.54) is 35.1 Å². The minimum atomic E-state index is 0.301. The third kappa shape index (κ3) is 2.50. The Morgan fingerprint density at radius 1 is 0.952 bits per heavy atom. The molecule has 1 fully saturated rings. The molecule has 21 heavy (non-hydrogen) atoms. The second kappa shape index (κ2) is 5.63. The standard InChI is InChI=1S/C19H21NO/c1-3-9-17-14(6-1)12-15-7-2-4-10-18(15)19(17)20-13-16-8-5-11-21-16/h1-4,6-7,9-10,16,19-20H,5,8,11-13H2. The summed E-state index contributed by atoms with van der Waals surface area (Å²) in [5, 5.41) is 3.75. The molecule has 0 bridgehead atoms. The maximum Gasteiger partial charge on any atom is 0.0700 e. The van der Waals surface area contributed by atoms with Crippen LogP contribution in [0.1, 0.15) is 41.1 Å². The van der Waals surface area contributed by atoms with Crippen LogP contribution in [0.5, 0.6) is 0 Å². The highest BCUT2D eigenvalue weighted by atomic mass is 16.5. The molecule has 1 aliphatic carbocycles. The summed E-state index contributed by atoms with van der Waals surface area (Å²) in [6, 6.07) is 17.9. The Morgan fingerprint density at radius 2 is 1.62 bits per heavy atom. The van der Waals surface area contributed by atoms with E-state index in [1.54, 1.807) is 0 Å². The summed E-state index contributed by atoms with van der Waals surface area (Å²) < 4.78 is 5.76. The second-order valence-electron chi connectivity index (χ2n) is 6.05. The van der Waals surface area contributed by atoms with E-state index < -0.39 is 0 Å². The molecule has 0 spiro atoms. The molecule has 108 valence electrons. The summed E-state index contributed by atoms with van der Waals surface area (Å²) in [7, 11) is 0. The molecule has 1 atom stereocenters. The number of ether oxygens (including phenoxy) is 1. The average molecular weight is 279 g/mol. The molecule has 2 nitrogen and oxygen atoms in total. The largest absolute Gasteiger partial charge is 0.377 e. The Morgan fingerprint density at radius 3 is 2.24 bits per heavy atom. The van der Waals surface area contributed by atoms with Crippen molar-refractivity contribution in [3.8, 4) is 0 Å². The third-order valence-corrected chi connectivity index (χ3v) is 4.69. The molecular weight excluding hydrogens is 258 g/mol. The zero-order valence-corrected chi connectivity index (χ0v) is 12.2. The van der Waals surface area contributed by atoms with Gasteiger partial charge in [-0.05, 0) is 41.5 Å². The molecule has 1 heterocycles. The van der Waals surface area contributed by atoms with E-state index in [1.807, 2.05) is 0 Å². The molecule has 2 heteroatoms. The topological polar surface area (TPSA) is 21.3 Å². The number of nitrogens with one attached hydrogen (secondary N) is 1. The van der Waals surface area contributed by atoms with Gasteiger partial charge in [0.2, 0.25) is 0 Å². The van der Waals surface area contributed by atoms with Gasteiger partial charge in [-0.2, -0.15) is 0 Å². The molecule has 1 unspecified atom stereocenters. The number of hydrogen-bond acceptors (Lipinski definition) is 2. The Labute approximate surface area is 126 Å². The molecular formula is C19H21NO. The maximum atomic E-state index is 5.76. The molecule has 0 aromatic heterocycles. The summed E-state index contributed by atoms with van der Waals surface area (Å²) in [6.07, 6.45) is 3.81. The summed E-state index contributed by atoms with van der Waals surface area (Å²) >= 11 is 0. The monoisotopic (exact) mass is 279 g/mol. The van der Waals surface area contributed by atoms with Crippen LogP contribution >= 0.6 is 0 Å². The fraction of sp³-hybridized carbons (Fsp3) is 0.368. The van der Waals surface area contributed by atoms with Crippen molar-refractivity contribution in [3.63, 3.8) is 0 Å². The van der Waals surface area contributed by atoms with Gasteiger partial charge in [0.05, 0.1) is 12.1 Å². The molecule has 2 aromatic carbocycles. The summed E-state index contributed by atoms with van der Waals surface area (Å²) in [6.45, 7) is 1.86. The van der Waals surface area contributed by atoms with Crippen LogP contribution in [0.25, 0.3) is 0 Å². The molecule has 1 N–H and O–H groups in total. The number of rotatable bonds is 3. The fourth-order valence-corrected chi connectivity index (χ4v) is 3.60. The van der Waals surface area contributed by atoms with Crippen LogP contribution in [-0.2, 0) is 11.2 Å². The van der Waals surface area contributed by atoms with Crippen molar-refractivity contribution in [2.45, 2.75) is 31.4 Å². The van der Waals surface area contributed by atoms with Gasteiger partial charge >= 0.3 is 0 Å². The van der Waals surface area contributed by atoms with Gasteiger partial charge in [0.15, 0.2) is 0 Å². The van der Waals surface area contributed by atoms with Gasteiger partial charge in [-0.3, -0.25) is 0 Å². The Hall–Kier alpha value is -1.64. The predicted octanol–water partition coefficient (Wildman–Crippen LogP) is 3.45. The highest BCUT2D eigenvalue weighted by molar-refractivity contribution is 5.48. The first-order chi connectivity index (χ1) is 10.4. The Bertz CT molecular complexity index is 585. The van der Waals surface area contributed by atoms with Gasteiger partial charge in [-0.25, -0.2) is 0 Å². The van der Waals surface area contributed by atoms with Crippen molar-refractivity contribution in [1.82, 2.24) is 5.32 Å². The van der Waals surface area contributed by atoms with E-state index in [-0.39, 0.29) is 0 Å². The molecule has 0 saturated carbocycles. The van der Waals surface area contributed by atoms with Gasteiger partial charge < -0.3 is 10.1 Å². The van der Waals surface area contributed by atoms with E-state index >= 15 is 0 Å². The van der Waals surface area contributed by atoms with Gasteiger partial charge in [-0.15, -0.1) is 0 Å². The van der Waals surface area contributed by atoms with Crippen LogP contribution < -0.4 is 5.32 Å². The lowest BCUT2D eigenvalue weighted by Gasteiger charge is -2.30.